The molecule has 0 unspecified atom stereocenters. The van der Waals surface area contributed by atoms with Crippen LogP contribution in [0.5, 0.6) is 0 Å². The molecular formula is C6H15NO2. The van der Waals surface area contributed by atoms with Crippen molar-refractivity contribution < 1.29 is 9.94 Å². The molecule has 0 aromatic rings. The van der Waals surface area contributed by atoms with Crippen LogP contribution in [0.3, 0.4) is 0 Å². The van der Waals surface area contributed by atoms with Crippen molar-refractivity contribution in [2.24, 2.45) is 0 Å². The summed E-state index contributed by atoms with van der Waals surface area (Å²) in [4.78, 5) is 4.88. The van der Waals surface area contributed by atoms with Gasteiger partial charge in [-0.1, -0.05) is 6.92 Å². The Morgan fingerprint density at radius 1 is 1.67 bits per heavy atom. The second kappa shape index (κ2) is 6.01. The predicted molar refractivity (Wildman–Crippen MR) is 35.9 cm³/mol. The molecule has 0 aromatic carbocycles. The number of hydrogen-bond donors (Lipinski definition) is 2. The molecule has 0 aliphatic heterocycles. The average molecular weight is 133 g/mol. The number of hydrogen-bond acceptors (Lipinski definition) is 3. The van der Waals surface area contributed by atoms with Crippen molar-refractivity contribution in [2.75, 3.05) is 13.2 Å². The minimum absolute atomic E-state index is 0.332. The van der Waals surface area contributed by atoms with Crippen molar-refractivity contribution in [3.8, 4) is 0 Å². The van der Waals surface area contributed by atoms with Crippen LogP contribution in [0.25, 0.3) is 0 Å². The summed E-state index contributed by atoms with van der Waals surface area (Å²) >= 11 is 0. The summed E-state index contributed by atoms with van der Waals surface area (Å²) in [5.41, 5.74) is 2.64. The third kappa shape index (κ3) is 7.88. The molecule has 0 saturated carbocycles. The van der Waals surface area contributed by atoms with Gasteiger partial charge in [0.15, 0.2) is 0 Å². The van der Waals surface area contributed by atoms with Gasteiger partial charge in [-0.2, -0.15) is 5.48 Å². The first-order valence-corrected chi connectivity index (χ1v) is 3.30. The van der Waals surface area contributed by atoms with Crippen molar-refractivity contribution in [3.63, 3.8) is 0 Å². The van der Waals surface area contributed by atoms with Gasteiger partial charge in [0.25, 0.3) is 0 Å². The quantitative estimate of drug-likeness (QED) is 0.418. The van der Waals surface area contributed by atoms with Crippen molar-refractivity contribution in [1.82, 2.24) is 5.48 Å². The minimum Gasteiger partial charge on any atom is -0.392 e. The van der Waals surface area contributed by atoms with E-state index in [-0.39, 0.29) is 6.10 Å². The van der Waals surface area contributed by atoms with E-state index in [0.29, 0.717) is 13.2 Å². The highest BCUT2D eigenvalue weighted by Crippen LogP contribution is 1.77. The van der Waals surface area contributed by atoms with E-state index in [9.17, 15) is 0 Å². The first-order chi connectivity index (χ1) is 4.27. The van der Waals surface area contributed by atoms with E-state index >= 15 is 0 Å². The summed E-state index contributed by atoms with van der Waals surface area (Å²) in [6, 6.07) is 0. The molecule has 0 heterocycles. The third-order valence-corrected chi connectivity index (χ3v) is 0.787. The van der Waals surface area contributed by atoms with Gasteiger partial charge in [-0.15, -0.1) is 0 Å². The van der Waals surface area contributed by atoms with E-state index in [0.717, 1.165) is 6.42 Å². The van der Waals surface area contributed by atoms with Gasteiger partial charge in [0, 0.05) is 6.54 Å². The summed E-state index contributed by atoms with van der Waals surface area (Å²) in [6.07, 6.45) is 0.661. The monoisotopic (exact) mass is 133 g/mol. The largest absolute Gasteiger partial charge is 0.392 e. The molecule has 0 aromatic heterocycles. The van der Waals surface area contributed by atoms with Crippen molar-refractivity contribution in [2.45, 2.75) is 26.4 Å². The van der Waals surface area contributed by atoms with Gasteiger partial charge in [-0.05, 0) is 13.3 Å². The van der Waals surface area contributed by atoms with Crippen LogP contribution >= 0.6 is 0 Å². The molecule has 0 saturated heterocycles. The topological polar surface area (TPSA) is 41.5 Å². The molecule has 0 spiro atoms. The van der Waals surface area contributed by atoms with Gasteiger partial charge in [-0.25, -0.2) is 0 Å². The molecule has 0 amide bonds. The second-order valence-corrected chi connectivity index (χ2v) is 2.05. The smallest absolute Gasteiger partial charge is 0.0679 e. The maximum Gasteiger partial charge on any atom is 0.0679 e. The molecule has 0 radical (unpaired) electrons. The van der Waals surface area contributed by atoms with Crippen LogP contribution in [0.2, 0.25) is 0 Å². The lowest BCUT2D eigenvalue weighted by Crippen LogP contribution is -2.24. The summed E-state index contributed by atoms with van der Waals surface area (Å²) < 4.78 is 0. The number of hydroxylamine groups is 1. The number of rotatable bonds is 5. The average Bonchev–Trinajstić information content (AvgIpc) is 1.80. The molecule has 0 aliphatic rings. The zero-order valence-electron chi connectivity index (χ0n) is 6.05. The lowest BCUT2D eigenvalue weighted by atomic mass is 10.4. The Morgan fingerprint density at radius 2 is 2.33 bits per heavy atom. The van der Waals surface area contributed by atoms with E-state index < -0.39 is 0 Å². The molecule has 9 heavy (non-hydrogen) atoms. The molecule has 0 fully saturated rings. The van der Waals surface area contributed by atoms with Gasteiger partial charge >= 0.3 is 0 Å². The summed E-state index contributed by atoms with van der Waals surface area (Å²) in [5.74, 6) is 0. The van der Waals surface area contributed by atoms with E-state index in [4.69, 9.17) is 9.94 Å². The van der Waals surface area contributed by atoms with E-state index in [1.54, 1.807) is 6.92 Å². The molecular weight excluding hydrogens is 118 g/mol. The Balaban J connectivity index is 2.75. The summed E-state index contributed by atoms with van der Waals surface area (Å²) in [5, 5.41) is 8.71. The lowest BCUT2D eigenvalue weighted by Gasteiger charge is -2.05. The van der Waals surface area contributed by atoms with Crippen molar-refractivity contribution in [1.29, 1.82) is 0 Å². The summed E-state index contributed by atoms with van der Waals surface area (Å²) in [6.45, 7) is 4.94. The minimum atomic E-state index is -0.332. The first-order valence-electron chi connectivity index (χ1n) is 3.30. The SMILES string of the molecule is CCCONC[C@H](C)O. The Bertz CT molecular complexity index is 57.0. The van der Waals surface area contributed by atoms with Crippen LogP contribution in [0.4, 0.5) is 0 Å². The molecule has 2 N–H and O–H groups in total. The molecule has 0 rings (SSSR count). The van der Waals surface area contributed by atoms with Gasteiger partial charge in [0.05, 0.1) is 12.7 Å². The molecule has 3 nitrogen and oxygen atoms in total. The number of aliphatic hydroxyl groups excluding tert-OH is 1. The van der Waals surface area contributed by atoms with Gasteiger partial charge in [-0.3, -0.25) is 0 Å². The molecule has 0 bridgehead atoms. The normalized spacial score (nSPS) is 13.7. The fourth-order valence-electron chi connectivity index (χ4n) is 0.354. The zero-order valence-corrected chi connectivity index (χ0v) is 6.05. The maximum atomic E-state index is 8.71. The van der Waals surface area contributed by atoms with Crippen LogP contribution in [-0.2, 0) is 4.84 Å². The Morgan fingerprint density at radius 3 is 2.78 bits per heavy atom. The second-order valence-electron chi connectivity index (χ2n) is 2.05. The van der Waals surface area contributed by atoms with Crippen molar-refractivity contribution in [3.05, 3.63) is 0 Å². The van der Waals surface area contributed by atoms with Crippen LogP contribution in [0.15, 0.2) is 0 Å². The Hall–Kier alpha value is -0.120. The Kier molecular flexibility index (Phi) is 5.93. The molecule has 0 aliphatic carbocycles. The zero-order chi connectivity index (χ0) is 7.11. The fraction of sp³-hybridized carbons (Fsp3) is 1.00. The lowest BCUT2D eigenvalue weighted by molar-refractivity contribution is 0.0180. The highest BCUT2D eigenvalue weighted by atomic mass is 16.6. The number of aliphatic hydroxyl groups is 1. The third-order valence-electron chi connectivity index (χ3n) is 0.787. The maximum absolute atomic E-state index is 8.71. The highest BCUT2D eigenvalue weighted by Gasteiger charge is 1.91. The van der Waals surface area contributed by atoms with Gasteiger partial charge in [0.1, 0.15) is 0 Å². The van der Waals surface area contributed by atoms with E-state index in [1.165, 1.54) is 0 Å². The Labute approximate surface area is 56.0 Å². The summed E-state index contributed by atoms with van der Waals surface area (Å²) in [7, 11) is 0. The van der Waals surface area contributed by atoms with Crippen molar-refractivity contribution >= 4 is 0 Å². The molecule has 56 valence electrons. The van der Waals surface area contributed by atoms with E-state index in [1.807, 2.05) is 6.92 Å². The van der Waals surface area contributed by atoms with Gasteiger partial charge < -0.3 is 9.94 Å². The predicted octanol–water partition coefficient (Wildman–Crippen LogP) is 0.298. The van der Waals surface area contributed by atoms with Gasteiger partial charge in [0.2, 0.25) is 0 Å². The fourth-order valence-corrected chi connectivity index (χ4v) is 0.354. The van der Waals surface area contributed by atoms with Crippen LogP contribution in [0.1, 0.15) is 20.3 Å². The van der Waals surface area contributed by atoms with Crippen LogP contribution < -0.4 is 5.48 Å². The van der Waals surface area contributed by atoms with Crippen LogP contribution in [-0.4, -0.2) is 24.4 Å². The first kappa shape index (κ1) is 8.88. The molecule has 1 atom stereocenters. The van der Waals surface area contributed by atoms with Crippen LogP contribution in [0, 0.1) is 0 Å². The molecule has 3 heteroatoms. The van der Waals surface area contributed by atoms with E-state index in [2.05, 4.69) is 5.48 Å². The standard InChI is InChI=1S/C6H15NO2/c1-3-4-9-7-5-6(2)8/h6-8H,3-5H2,1-2H3/t6-/m0/s1. The highest BCUT2D eigenvalue weighted by molar-refractivity contribution is 4.43. The number of nitrogens with one attached hydrogen (secondary N) is 1.